The highest BCUT2D eigenvalue weighted by atomic mass is 19.1. The SMILES string of the molecule is CC1(C)[C@@H]([N+](=O)[O-])[C@H](c2ccc(F)cc2)N[C@@H](c2ccc(F)cc2)[C@H]1[N+](=O)[O-]. The van der Waals surface area contributed by atoms with Gasteiger partial charge in [-0.3, -0.25) is 25.5 Å². The maximum absolute atomic E-state index is 13.3. The number of hydrogen-bond donors (Lipinski definition) is 1. The van der Waals surface area contributed by atoms with Crippen LogP contribution in [0.1, 0.15) is 37.1 Å². The van der Waals surface area contributed by atoms with E-state index < -0.39 is 51.1 Å². The summed E-state index contributed by atoms with van der Waals surface area (Å²) in [6.45, 7) is 2.98. The lowest BCUT2D eigenvalue weighted by atomic mass is 9.66. The fourth-order valence-electron chi connectivity index (χ4n) is 4.09. The normalized spacial score (nSPS) is 26.6. The van der Waals surface area contributed by atoms with Crippen molar-refractivity contribution in [3.8, 4) is 0 Å². The summed E-state index contributed by atoms with van der Waals surface area (Å²) in [6.07, 6.45) is 0. The summed E-state index contributed by atoms with van der Waals surface area (Å²) in [5.41, 5.74) is -0.453. The van der Waals surface area contributed by atoms with Crippen LogP contribution in [0.15, 0.2) is 48.5 Å². The molecule has 148 valence electrons. The van der Waals surface area contributed by atoms with Gasteiger partial charge in [0.2, 0.25) is 12.1 Å². The van der Waals surface area contributed by atoms with Crippen LogP contribution >= 0.6 is 0 Å². The molecule has 1 N–H and O–H groups in total. The Labute approximate surface area is 159 Å². The number of piperidine rings is 1. The van der Waals surface area contributed by atoms with Gasteiger partial charge in [-0.15, -0.1) is 0 Å². The van der Waals surface area contributed by atoms with Gasteiger partial charge >= 0.3 is 0 Å². The predicted molar refractivity (Wildman–Crippen MR) is 96.8 cm³/mol. The highest BCUT2D eigenvalue weighted by Gasteiger charge is 2.62. The van der Waals surface area contributed by atoms with Crippen LogP contribution in [0.2, 0.25) is 0 Å². The molecule has 1 saturated heterocycles. The first-order valence-corrected chi connectivity index (χ1v) is 8.67. The smallest absolute Gasteiger partial charge is 0.243 e. The zero-order chi connectivity index (χ0) is 20.6. The Hall–Kier alpha value is -2.94. The molecular formula is C19H19F2N3O4. The molecule has 1 fully saturated rings. The van der Waals surface area contributed by atoms with Gasteiger partial charge in [0.05, 0.1) is 0 Å². The molecule has 2 aromatic rings. The average Bonchev–Trinajstić information content (AvgIpc) is 2.60. The molecule has 4 atom stereocenters. The lowest BCUT2D eigenvalue weighted by molar-refractivity contribution is -0.605. The molecule has 0 radical (unpaired) electrons. The van der Waals surface area contributed by atoms with Crippen LogP contribution in [-0.2, 0) is 0 Å². The van der Waals surface area contributed by atoms with E-state index in [4.69, 9.17) is 0 Å². The molecule has 0 bridgehead atoms. The number of halogens is 2. The first-order chi connectivity index (χ1) is 13.1. The van der Waals surface area contributed by atoms with Gasteiger partial charge in [-0.25, -0.2) is 8.78 Å². The largest absolute Gasteiger partial charge is 0.291 e. The quantitative estimate of drug-likeness (QED) is 0.633. The minimum absolute atomic E-state index is 0.449. The van der Waals surface area contributed by atoms with E-state index in [2.05, 4.69) is 5.32 Å². The fraction of sp³-hybridized carbons (Fsp3) is 0.368. The molecule has 1 heterocycles. The molecule has 0 aliphatic carbocycles. The van der Waals surface area contributed by atoms with Crippen molar-refractivity contribution in [3.63, 3.8) is 0 Å². The second kappa shape index (κ2) is 7.23. The highest BCUT2D eigenvalue weighted by Crippen LogP contribution is 2.46. The Morgan fingerprint density at radius 2 is 1.11 bits per heavy atom. The van der Waals surface area contributed by atoms with Crippen molar-refractivity contribution in [1.29, 1.82) is 0 Å². The van der Waals surface area contributed by atoms with Crippen LogP contribution < -0.4 is 5.32 Å². The number of rotatable bonds is 4. The minimum Gasteiger partial charge on any atom is -0.291 e. The Balaban J connectivity index is 2.14. The summed E-state index contributed by atoms with van der Waals surface area (Å²) in [4.78, 5) is 22.7. The van der Waals surface area contributed by atoms with E-state index >= 15 is 0 Å². The first kappa shape index (κ1) is 19.8. The van der Waals surface area contributed by atoms with Gasteiger partial charge in [-0.05, 0) is 49.2 Å². The van der Waals surface area contributed by atoms with E-state index in [0.29, 0.717) is 11.1 Å². The molecule has 0 amide bonds. The number of hydrogen-bond acceptors (Lipinski definition) is 5. The predicted octanol–water partition coefficient (Wildman–Crippen LogP) is 3.67. The molecule has 2 aromatic carbocycles. The maximum Gasteiger partial charge on any atom is 0.243 e. The molecular weight excluding hydrogens is 372 g/mol. The van der Waals surface area contributed by atoms with E-state index in [9.17, 15) is 29.0 Å². The van der Waals surface area contributed by atoms with Gasteiger partial charge in [0.15, 0.2) is 0 Å². The third-order valence-corrected chi connectivity index (χ3v) is 5.43. The standard InChI is InChI=1S/C19H19F2N3O4/c1-19(2)17(23(25)26)15(11-3-7-13(20)8-4-11)22-16(18(19)24(27)28)12-5-9-14(21)10-6-12/h3-10,15-18,22H,1-2H3/t15-,16-,17-,18+/m0/s1. The van der Waals surface area contributed by atoms with Crippen molar-refractivity contribution < 1.29 is 18.6 Å². The van der Waals surface area contributed by atoms with Crippen molar-refractivity contribution in [1.82, 2.24) is 5.32 Å². The maximum atomic E-state index is 13.3. The molecule has 7 nitrogen and oxygen atoms in total. The Kier molecular flexibility index (Phi) is 5.12. The Morgan fingerprint density at radius 3 is 1.39 bits per heavy atom. The lowest BCUT2D eigenvalue weighted by Crippen LogP contribution is -2.63. The summed E-state index contributed by atoms with van der Waals surface area (Å²) in [5, 5.41) is 26.8. The number of benzene rings is 2. The Bertz CT molecular complexity index is 816. The van der Waals surface area contributed by atoms with Gasteiger partial charge in [-0.1, -0.05) is 24.3 Å². The number of nitrogens with one attached hydrogen (secondary N) is 1. The van der Waals surface area contributed by atoms with E-state index in [1.165, 1.54) is 62.4 Å². The van der Waals surface area contributed by atoms with Gasteiger partial charge in [0, 0.05) is 9.85 Å². The number of nitrogens with zero attached hydrogens (tertiary/aromatic N) is 2. The van der Waals surface area contributed by atoms with Crippen LogP contribution in [0.5, 0.6) is 0 Å². The zero-order valence-corrected chi connectivity index (χ0v) is 15.2. The second-order valence-corrected chi connectivity index (χ2v) is 7.51. The molecule has 1 aliphatic rings. The van der Waals surface area contributed by atoms with E-state index in [1.807, 2.05) is 0 Å². The van der Waals surface area contributed by atoms with Crippen LogP contribution in [0.3, 0.4) is 0 Å². The van der Waals surface area contributed by atoms with Gasteiger partial charge in [-0.2, -0.15) is 0 Å². The monoisotopic (exact) mass is 391 g/mol. The van der Waals surface area contributed by atoms with Crippen molar-refractivity contribution in [3.05, 3.63) is 91.5 Å². The Morgan fingerprint density at radius 1 is 0.786 bits per heavy atom. The van der Waals surface area contributed by atoms with Crippen LogP contribution in [0.25, 0.3) is 0 Å². The molecule has 0 spiro atoms. The lowest BCUT2D eigenvalue weighted by Gasteiger charge is -2.44. The van der Waals surface area contributed by atoms with Crippen molar-refractivity contribution >= 4 is 0 Å². The molecule has 1 aliphatic heterocycles. The van der Waals surface area contributed by atoms with Crippen molar-refractivity contribution in [2.24, 2.45) is 5.41 Å². The van der Waals surface area contributed by atoms with Crippen LogP contribution in [0, 0.1) is 37.3 Å². The van der Waals surface area contributed by atoms with Crippen LogP contribution in [0.4, 0.5) is 8.78 Å². The molecule has 0 unspecified atom stereocenters. The molecule has 9 heteroatoms. The zero-order valence-electron chi connectivity index (χ0n) is 15.2. The molecule has 28 heavy (non-hydrogen) atoms. The van der Waals surface area contributed by atoms with E-state index in [1.54, 1.807) is 0 Å². The van der Waals surface area contributed by atoms with Gasteiger partial charge in [0.1, 0.15) is 29.1 Å². The number of nitro groups is 2. The summed E-state index contributed by atoms with van der Waals surface area (Å²) >= 11 is 0. The average molecular weight is 391 g/mol. The summed E-state index contributed by atoms with van der Waals surface area (Å²) in [6, 6.07) is 6.01. The highest BCUT2D eigenvalue weighted by molar-refractivity contribution is 5.28. The van der Waals surface area contributed by atoms with Crippen LogP contribution in [-0.4, -0.2) is 21.9 Å². The van der Waals surface area contributed by atoms with E-state index in [0.717, 1.165) is 0 Å². The van der Waals surface area contributed by atoms with Crippen molar-refractivity contribution in [2.75, 3.05) is 0 Å². The second-order valence-electron chi connectivity index (χ2n) is 7.51. The van der Waals surface area contributed by atoms with Gasteiger partial charge < -0.3 is 0 Å². The summed E-state index contributed by atoms with van der Waals surface area (Å²) in [7, 11) is 0. The third kappa shape index (κ3) is 3.45. The van der Waals surface area contributed by atoms with E-state index in [-0.39, 0.29) is 0 Å². The first-order valence-electron chi connectivity index (χ1n) is 8.67. The minimum atomic E-state index is -1.35. The molecule has 3 rings (SSSR count). The van der Waals surface area contributed by atoms with Crippen molar-refractivity contribution in [2.45, 2.75) is 38.0 Å². The topological polar surface area (TPSA) is 98.3 Å². The molecule has 0 saturated carbocycles. The fourth-order valence-corrected chi connectivity index (χ4v) is 4.09. The summed E-state index contributed by atoms with van der Waals surface area (Å²) < 4.78 is 26.7. The third-order valence-electron chi connectivity index (χ3n) is 5.43. The van der Waals surface area contributed by atoms with Gasteiger partial charge in [0.25, 0.3) is 0 Å². The molecule has 0 aromatic heterocycles. The summed E-state index contributed by atoms with van der Waals surface area (Å²) in [5.74, 6) is -0.982.